The Labute approximate surface area is 119 Å². The van der Waals surface area contributed by atoms with Crippen LogP contribution in [0.1, 0.15) is 26.2 Å². The Hall–Kier alpha value is -0.270. The third-order valence-corrected chi connectivity index (χ3v) is 7.09. The first-order chi connectivity index (χ1) is 9.04. The zero-order chi connectivity index (χ0) is 13.9. The number of carbonyl (C=O) groups excluding carboxylic acids is 1. The predicted octanol–water partition coefficient (Wildman–Crippen LogP) is 0.465. The summed E-state index contributed by atoms with van der Waals surface area (Å²) in [4.78, 5) is 13.9. The van der Waals surface area contributed by atoms with Crippen LogP contribution in [0.5, 0.6) is 0 Å². The van der Waals surface area contributed by atoms with Gasteiger partial charge in [-0.2, -0.15) is 11.8 Å². The topological polar surface area (TPSA) is 66.5 Å². The summed E-state index contributed by atoms with van der Waals surface area (Å²) < 4.78 is 24.2. The predicted molar refractivity (Wildman–Crippen MR) is 77.9 cm³/mol. The van der Waals surface area contributed by atoms with Crippen LogP contribution in [-0.2, 0) is 14.6 Å². The van der Waals surface area contributed by atoms with E-state index in [1.807, 2.05) is 0 Å². The minimum Gasteiger partial charge on any atom is -0.324 e. The molecule has 1 N–H and O–H groups in total. The number of sulfone groups is 1. The van der Waals surface area contributed by atoms with Crippen LogP contribution in [0.4, 0.5) is 0 Å². The molecule has 110 valence electrons. The number of carbonyl (C=O) groups is 1. The van der Waals surface area contributed by atoms with Crippen LogP contribution < -0.4 is 5.32 Å². The van der Waals surface area contributed by atoms with E-state index < -0.39 is 15.2 Å². The SMILES string of the molecule is CCS(=O)(=O)C1CSCCN1C(=O)CC1CCCN1. The average Bonchev–Trinajstić information content (AvgIpc) is 2.91. The van der Waals surface area contributed by atoms with Gasteiger partial charge in [0.05, 0.1) is 0 Å². The van der Waals surface area contributed by atoms with Crippen molar-refractivity contribution in [1.29, 1.82) is 0 Å². The molecule has 2 fully saturated rings. The Kier molecular flexibility index (Phi) is 5.14. The van der Waals surface area contributed by atoms with Crippen LogP contribution in [0.2, 0.25) is 0 Å². The fourth-order valence-corrected chi connectivity index (χ4v) is 5.60. The molecule has 0 aromatic heterocycles. The highest BCUT2D eigenvalue weighted by Gasteiger charge is 2.36. The molecule has 0 aromatic carbocycles. The van der Waals surface area contributed by atoms with Crippen molar-refractivity contribution >= 4 is 27.5 Å². The van der Waals surface area contributed by atoms with Crippen molar-refractivity contribution in [2.75, 3.05) is 30.3 Å². The van der Waals surface area contributed by atoms with Crippen molar-refractivity contribution in [2.45, 2.75) is 37.6 Å². The molecule has 2 heterocycles. The summed E-state index contributed by atoms with van der Waals surface area (Å²) in [6, 6.07) is 0.229. The molecule has 7 heteroatoms. The normalized spacial score (nSPS) is 28.6. The molecule has 2 rings (SSSR count). The number of thioether (sulfide) groups is 1. The van der Waals surface area contributed by atoms with E-state index >= 15 is 0 Å². The van der Waals surface area contributed by atoms with Crippen molar-refractivity contribution < 1.29 is 13.2 Å². The van der Waals surface area contributed by atoms with Crippen molar-refractivity contribution in [1.82, 2.24) is 10.2 Å². The van der Waals surface area contributed by atoms with Gasteiger partial charge in [0.15, 0.2) is 9.84 Å². The van der Waals surface area contributed by atoms with E-state index in [0.717, 1.165) is 25.1 Å². The maximum absolute atomic E-state index is 12.3. The van der Waals surface area contributed by atoms with Gasteiger partial charge in [0.25, 0.3) is 0 Å². The molecular weight excluding hydrogens is 284 g/mol. The van der Waals surface area contributed by atoms with Crippen LogP contribution in [0.15, 0.2) is 0 Å². The summed E-state index contributed by atoms with van der Waals surface area (Å²) in [5, 5.41) is 2.67. The van der Waals surface area contributed by atoms with Gasteiger partial charge in [0.2, 0.25) is 5.91 Å². The molecule has 1 amide bonds. The Morgan fingerprint density at radius 2 is 2.26 bits per heavy atom. The third kappa shape index (κ3) is 3.64. The van der Waals surface area contributed by atoms with E-state index in [4.69, 9.17) is 0 Å². The lowest BCUT2D eigenvalue weighted by atomic mass is 10.1. The summed E-state index contributed by atoms with van der Waals surface area (Å²) in [5.41, 5.74) is 0. The molecule has 5 nitrogen and oxygen atoms in total. The summed E-state index contributed by atoms with van der Waals surface area (Å²) in [6.45, 7) is 3.17. The zero-order valence-electron chi connectivity index (χ0n) is 11.3. The quantitative estimate of drug-likeness (QED) is 0.817. The van der Waals surface area contributed by atoms with Crippen LogP contribution in [0, 0.1) is 0 Å². The van der Waals surface area contributed by atoms with E-state index in [0.29, 0.717) is 18.7 Å². The van der Waals surface area contributed by atoms with Crippen molar-refractivity contribution in [2.24, 2.45) is 0 Å². The van der Waals surface area contributed by atoms with E-state index in [1.54, 1.807) is 23.6 Å². The second-order valence-electron chi connectivity index (χ2n) is 5.07. The van der Waals surface area contributed by atoms with E-state index in [-0.39, 0.29) is 17.7 Å². The number of hydrogen-bond acceptors (Lipinski definition) is 5. The first kappa shape index (κ1) is 15.1. The minimum absolute atomic E-state index is 0.0123. The summed E-state index contributed by atoms with van der Waals surface area (Å²) >= 11 is 1.62. The Morgan fingerprint density at radius 3 is 2.89 bits per heavy atom. The summed E-state index contributed by atoms with van der Waals surface area (Å²) in [5.74, 6) is 1.44. The molecular formula is C12H22N2O3S2. The number of rotatable bonds is 4. The van der Waals surface area contributed by atoms with Crippen molar-refractivity contribution in [3.8, 4) is 0 Å². The van der Waals surface area contributed by atoms with Crippen LogP contribution >= 0.6 is 11.8 Å². The molecule has 2 saturated heterocycles. The molecule has 2 atom stereocenters. The van der Waals surface area contributed by atoms with Gasteiger partial charge in [-0.05, 0) is 19.4 Å². The summed E-state index contributed by atoms with van der Waals surface area (Å²) in [7, 11) is -3.19. The van der Waals surface area contributed by atoms with Gasteiger partial charge in [-0.1, -0.05) is 6.92 Å². The van der Waals surface area contributed by atoms with Gasteiger partial charge < -0.3 is 10.2 Å². The van der Waals surface area contributed by atoms with Gasteiger partial charge in [0.1, 0.15) is 5.37 Å². The lowest BCUT2D eigenvalue weighted by Crippen LogP contribution is -2.51. The van der Waals surface area contributed by atoms with Gasteiger partial charge in [-0.15, -0.1) is 0 Å². The van der Waals surface area contributed by atoms with Crippen molar-refractivity contribution in [3.05, 3.63) is 0 Å². The number of amides is 1. The molecule has 0 radical (unpaired) electrons. The van der Waals surface area contributed by atoms with Crippen LogP contribution in [0.25, 0.3) is 0 Å². The van der Waals surface area contributed by atoms with Gasteiger partial charge in [-0.3, -0.25) is 4.79 Å². The molecule has 0 bridgehead atoms. The van der Waals surface area contributed by atoms with Crippen molar-refractivity contribution in [3.63, 3.8) is 0 Å². The number of nitrogens with zero attached hydrogens (tertiary/aromatic N) is 1. The first-order valence-corrected chi connectivity index (χ1v) is 9.73. The number of hydrogen-bond donors (Lipinski definition) is 1. The lowest BCUT2D eigenvalue weighted by molar-refractivity contribution is -0.132. The molecule has 2 aliphatic rings. The lowest BCUT2D eigenvalue weighted by Gasteiger charge is -2.35. The Bertz CT molecular complexity index is 419. The number of nitrogens with one attached hydrogen (secondary N) is 1. The highest BCUT2D eigenvalue weighted by atomic mass is 32.2. The van der Waals surface area contributed by atoms with E-state index in [1.165, 1.54) is 0 Å². The molecule has 0 aromatic rings. The molecule has 0 spiro atoms. The highest BCUT2D eigenvalue weighted by molar-refractivity contribution is 8.01. The second-order valence-corrected chi connectivity index (χ2v) is 8.66. The molecule has 19 heavy (non-hydrogen) atoms. The van der Waals surface area contributed by atoms with Gasteiger partial charge in [0, 0.05) is 36.3 Å². The summed E-state index contributed by atoms with van der Waals surface area (Å²) in [6.07, 6.45) is 2.55. The zero-order valence-corrected chi connectivity index (χ0v) is 12.9. The molecule has 2 aliphatic heterocycles. The monoisotopic (exact) mass is 306 g/mol. The fraction of sp³-hybridized carbons (Fsp3) is 0.917. The minimum atomic E-state index is -3.19. The fourth-order valence-electron chi connectivity index (χ4n) is 2.62. The average molecular weight is 306 g/mol. The highest BCUT2D eigenvalue weighted by Crippen LogP contribution is 2.23. The molecule has 2 unspecified atom stereocenters. The smallest absolute Gasteiger partial charge is 0.225 e. The van der Waals surface area contributed by atoms with Crippen LogP contribution in [0.3, 0.4) is 0 Å². The Balaban J connectivity index is 2.04. The molecule has 0 aliphatic carbocycles. The second kappa shape index (κ2) is 6.45. The molecule has 0 saturated carbocycles. The third-order valence-electron chi connectivity index (χ3n) is 3.81. The maximum Gasteiger partial charge on any atom is 0.225 e. The van der Waals surface area contributed by atoms with E-state index in [2.05, 4.69) is 5.32 Å². The first-order valence-electron chi connectivity index (χ1n) is 6.86. The Morgan fingerprint density at radius 1 is 1.47 bits per heavy atom. The van der Waals surface area contributed by atoms with Gasteiger partial charge >= 0.3 is 0 Å². The van der Waals surface area contributed by atoms with E-state index in [9.17, 15) is 13.2 Å². The standard InChI is InChI=1S/C12H22N2O3S2/c1-2-19(16,17)12-9-18-7-6-14(12)11(15)8-10-4-3-5-13-10/h10,12-13H,2-9H2,1H3. The largest absolute Gasteiger partial charge is 0.324 e. The van der Waals surface area contributed by atoms with Gasteiger partial charge in [-0.25, -0.2) is 8.42 Å². The maximum atomic E-state index is 12.3. The van der Waals surface area contributed by atoms with Crippen LogP contribution in [-0.4, -0.2) is 61.0 Å².